The number of hydrogen-bond donors (Lipinski definition) is 0. The molecule has 1 rings (SSSR count). The van der Waals surface area contributed by atoms with Gasteiger partial charge in [-0.15, -0.1) is 0 Å². The van der Waals surface area contributed by atoms with Gasteiger partial charge in [-0.25, -0.2) is 4.79 Å². The van der Waals surface area contributed by atoms with Gasteiger partial charge >= 0.3 is 5.97 Å². The number of Topliss-reactive ketones (excluding diaryl/α,β-unsaturated/α-hetero) is 1. The van der Waals surface area contributed by atoms with Crippen LogP contribution in [0.15, 0.2) is 24.3 Å². The van der Waals surface area contributed by atoms with Crippen LogP contribution in [0.25, 0.3) is 0 Å². The van der Waals surface area contributed by atoms with Crippen molar-refractivity contribution in [1.29, 1.82) is 0 Å². The number of hydrogen-bond acceptors (Lipinski definition) is 4. The molecular weight excluding hydrogens is 244 g/mol. The first-order valence-corrected chi connectivity index (χ1v) is 6.50. The Morgan fingerprint density at radius 3 is 2.37 bits per heavy atom. The van der Waals surface area contributed by atoms with Crippen molar-refractivity contribution in [2.24, 2.45) is 0 Å². The van der Waals surface area contributed by atoms with Crippen LogP contribution in [0, 0.1) is 0 Å². The minimum atomic E-state index is -0.716. The average Bonchev–Trinajstić information content (AvgIpc) is 2.44. The zero-order chi connectivity index (χ0) is 14.1. The van der Waals surface area contributed by atoms with Crippen molar-refractivity contribution in [3.05, 3.63) is 29.8 Å². The predicted octanol–water partition coefficient (Wildman–Crippen LogP) is 2.54. The van der Waals surface area contributed by atoms with E-state index >= 15 is 0 Å². The van der Waals surface area contributed by atoms with Crippen molar-refractivity contribution in [3.8, 4) is 5.75 Å². The Kier molecular flexibility index (Phi) is 6.64. The van der Waals surface area contributed by atoms with Crippen molar-refractivity contribution < 1.29 is 19.1 Å². The second-order valence-corrected chi connectivity index (χ2v) is 4.20. The minimum Gasteiger partial charge on any atom is -0.497 e. The van der Waals surface area contributed by atoms with Gasteiger partial charge in [0.2, 0.25) is 5.78 Å². The summed E-state index contributed by atoms with van der Waals surface area (Å²) in [5.74, 6) is -0.315. The van der Waals surface area contributed by atoms with Crippen LogP contribution in [0.4, 0.5) is 0 Å². The second kappa shape index (κ2) is 8.29. The highest BCUT2D eigenvalue weighted by molar-refractivity contribution is 6.33. The molecular formula is C15H20O4. The van der Waals surface area contributed by atoms with E-state index in [1.165, 1.54) is 5.56 Å². The highest BCUT2D eigenvalue weighted by Gasteiger charge is 2.13. The molecule has 0 spiro atoms. The maximum Gasteiger partial charge on any atom is 0.374 e. The number of methoxy groups -OCH3 is 1. The third kappa shape index (κ3) is 5.55. The van der Waals surface area contributed by atoms with Crippen LogP contribution in [0.3, 0.4) is 0 Å². The third-order valence-corrected chi connectivity index (χ3v) is 2.78. The van der Waals surface area contributed by atoms with E-state index in [4.69, 9.17) is 4.74 Å². The molecule has 0 radical (unpaired) electrons. The van der Waals surface area contributed by atoms with Crippen molar-refractivity contribution in [2.75, 3.05) is 13.7 Å². The molecule has 4 nitrogen and oxygen atoms in total. The molecule has 0 aliphatic carbocycles. The quantitative estimate of drug-likeness (QED) is 0.411. The number of ketones is 1. The van der Waals surface area contributed by atoms with Gasteiger partial charge in [0.15, 0.2) is 0 Å². The van der Waals surface area contributed by atoms with Crippen LogP contribution in [-0.2, 0) is 20.7 Å². The number of unbranched alkanes of at least 4 members (excludes halogenated alkanes) is 1. The summed E-state index contributed by atoms with van der Waals surface area (Å²) < 4.78 is 9.72. The molecule has 0 amide bonds. The number of carbonyl (C=O) groups excluding carboxylic acids is 2. The summed E-state index contributed by atoms with van der Waals surface area (Å²) in [4.78, 5) is 22.4. The van der Waals surface area contributed by atoms with Gasteiger partial charge < -0.3 is 9.47 Å². The fourth-order valence-electron chi connectivity index (χ4n) is 1.72. The van der Waals surface area contributed by atoms with Crippen LogP contribution >= 0.6 is 0 Å². The van der Waals surface area contributed by atoms with E-state index in [0.717, 1.165) is 18.6 Å². The van der Waals surface area contributed by atoms with E-state index in [0.29, 0.717) is 6.42 Å². The maximum atomic E-state index is 11.3. The molecule has 104 valence electrons. The van der Waals surface area contributed by atoms with E-state index in [9.17, 15) is 9.59 Å². The molecule has 1 aromatic rings. The van der Waals surface area contributed by atoms with Crippen molar-refractivity contribution >= 4 is 11.8 Å². The summed E-state index contributed by atoms with van der Waals surface area (Å²) in [6.07, 6.45) is 2.72. The predicted molar refractivity (Wildman–Crippen MR) is 72.2 cm³/mol. The molecule has 4 heteroatoms. The highest BCUT2D eigenvalue weighted by atomic mass is 16.5. The van der Waals surface area contributed by atoms with Gasteiger partial charge in [-0.3, -0.25) is 4.79 Å². The lowest BCUT2D eigenvalue weighted by Gasteiger charge is -2.03. The lowest BCUT2D eigenvalue weighted by molar-refractivity contribution is -0.153. The zero-order valence-corrected chi connectivity index (χ0v) is 11.5. The summed E-state index contributed by atoms with van der Waals surface area (Å²) in [5, 5.41) is 0. The number of ether oxygens (including phenoxy) is 2. The first-order chi connectivity index (χ1) is 9.17. The van der Waals surface area contributed by atoms with E-state index in [2.05, 4.69) is 4.74 Å². The first kappa shape index (κ1) is 15.2. The number of benzene rings is 1. The Labute approximate surface area is 113 Å². The van der Waals surface area contributed by atoms with E-state index in [1.807, 2.05) is 24.3 Å². The van der Waals surface area contributed by atoms with Gasteiger partial charge in [0.05, 0.1) is 13.7 Å². The molecule has 0 aromatic heterocycles. The molecule has 0 saturated carbocycles. The largest absolute Gasteiger partial charge is 0.497 e. The Morgan fingerprint density at radius 2 is 1.79 bits per heavy atom. The summed E-state index contributed by atoms with van der Waals surface area (Å²) >= 11 is 0. The molecule has 0 fully saturated rings. The SMILES string of the molecule is CCOC(=O)C(=O)CCCCc1ccc(OC)cc1. The monoisotopic (exact) mass is 264 g/mol. The maximum absolute atomic E-state index is 11.3. The van der Waals surface area contributed by atoms with Crippen LogP contribution < -0.4 is 4.74 Å². The fraction of sp³-hybridized carbons (Fsp3) is 0.467. The molecule has 0 atom stereocenters. The number of carbonyl (C=O) groups is 2. The van der Waals surface area contributed by atoms with Crippen molar-refractivity contribution in [3.63, 3.8) is 0 Å². The molecule has 1 aromatic carbocycles. The Hall–Kier alpha value is -1.84. The normalized spacial score (nSPS) is 10.0. The Morgan fingerprint density at radius 1 is 1.11 bits per heavy atom. The highest BCUT2D eigenvalue weighted by Crippen LogP contribution is 2.13. The smallest absolute Gasteiger partial charge is 0.374 e. The van der Waals surface area contributed by atoms with E-state index in [1.54, 1.807) is 14.0 Å². The third-order valence-electron chi connectivity index (χ3n) is 2.78. The first-order valence-electron chi connectivity index (χ1n) is 6.50. The van der Waals surface area contributed by atoms with Gasteiger partial charge in [0.1, 0.15) is 5.75 Å². The van der Waals surface area contributed by atoms with Gasteiger partial charge in [0, 0.05) is 6.42 Å². The van der Waals surface area contributed by atoms with Crippen LogP contribution in [0.2, 0.25) is 0 Å². The molecule has 0 N–H and O–H groups in total. The van der Waals surface area contributed by atoms with Gasteiger partial charge in [-0.2, -0.15) is 0 Å². The molecule has 0 heterocycles. The van der Waals surface area contributed by atoms with Gasteiger partial charge in [0.25, 0.3) is 0 Å². The Bertz CT molecular complexity index is 409. The Balaban J connectivity index is 2.23. The van der Waals surface area contributed by atoms with Gasteiger partial charge in [-0.05, 0) is 43.9 Å². The topological polar surface area (TPSA) is 52.6 Å². The summed E-state index contributed by atoms with van der Waals surface area (Å²) in [7, 11) is 1.63. The number of aryl methyl sites for hydroxylation is 1. The standard InChI is InChI=1S/C15H20O4/c1-3-19-15(17)14(16)7-5-4-6-12-8-10-13(18-2)11-9-12/h8-11H,3-7H2,1-2H3. The van der Waals surface area contributed by atoms with Crippen molar-refractivity contribution in [2.45, 2.75) is 32.6 Å². The van der Waals surface area contributed by atoms with Crippen LogP contribution in [0.1, 0.15) is 31.7 Å². The molecule has 0 aliphatic rings. The van der Waals surface area contributed by atoms with Crippen LogP contribution in [-0.4, -0.2) is 25.5 Å². The second-order valence-electron chi connectivity index (χ2n) is 4.20. The lowest BCUT2D eigenvalue weighted by Crippen LogP contribution is -2.16. The molecule has 0 aliphatic heterocycles. The summed E-state index contributed by atoms with van der Waals surface area (Å²) in [6, 6.07) is 7.84. The number of rotatable bonds is 8. The van der Waals surface area contributed by atoms with E-state index in [-0.39, 0.29) is 13.0 Å². The van der Waals surface area contributed by atoms with E-state index < -0.39 is 11.8 Å². The van der Waals surface area contributed by atoms with Crippen molar-refractivity contribution in [1.82, 2.24) is 0 Å². The molecule has 0 unspecified atom stereocenters. The molecule has 0 bridgehead atoms. The summed E-state index contributed by atoms with van der Waals surface area (Å²) in [6.45, 7) is 1.94. The fourth-order valence-corrected chi connectivity index (χ4v) is 1.72. The minimum absolute atomic E-state index is 0.246. The van der Waals surface area contributed by atoms with Crippen LogP contribution in [0.5, 0.6) is 5.75 Å². The lowest BCUT2D eigenvalue weighted by atomic mass is 10.1. The molecule has 19 heavy (non-hydrogen) atoms. The zero-order valence-electron chi connectivity index (χ0n) is 11.5. The molecule has 0 saturated heterocycles. The number of esters is 1. The van der Waals surface area contributed by atoms with Gasteiger partial charge in [-0.1, -0.05) is 12.1 Å². The average molecular weight is 264 g/mol. The summed E-state index contributed by atoms with van der Waals surface area (Å²) in [5.41, 5.74) is 1.20.